The summed E-state index contributed by atoms with van der Waals surface area (Å²) in [4.78, 5) is 0. The molecule has 1 aliphatic carbocycles. The summed E-state index contributed by atoms with van der Waals surface area (Å²) >= 11 is 0. The van der Waals surface area contributed by atoms with Crippen LogP contribution >= 0.6 is 0 Å². The predicted octanol–water partition coefficient (Wildman–Crippen LogP) is 3.37. The second-order valence-electron chi connectivity index (χ2n) is 3.78. The van der Waals surface area contributed by atoms with Gasteiger partial charge in [-0.15, -0.1) is 5.92 Å². The molecule has 0 spiro atoms. The van der Waals surface area contributed by atoms with E-state index in [4.69, 9.17) is 0 Å². The van der Waals surface area contributed by atoms with E-state index in [1.165, 1.54) is 32.1 Å². The Kier molecular flexibility index (Phi) is 3.00. The highest BCUT2D eigenvalue weighted by Crippen LogP contribution is 2.34. The fourth-order valence-corrected chi connectivity index (χ4v) is 1.76. The normalized spacial score (nSPS) is 22.0. The van der Waals surface area contributed by atoms with Gasteiger partial charge in [0.05, 0.1) is 0 Å². The van der Waals surface area contributed by atoms with E-state index in [0.29, 0.717) is 5.41 Å². The van der Waals surface area contributed by atoms with E-state index in [9.17, 15) is 0 Å². The Hall–Kier alpha value is -0.440. The van der Waals surface area contributed by atoms with Crippen LogP contribution in [0.1, 0.15) is 52.4 Å². The molecule has 62 valence electrons. The van der Waals surface area contributed by atoms with E-state index < -0.39 is 0 Å². The van der Waals surface area contributed by atoms with Gasteiger partial charge in [-0.1, -0.05) is 32.1 Å². The van der Waals surface area contributed by atoms with Crippen LogP contribution in [-0.2, 0) is 0 Å². The largest absolute Gasteiger partial charge is 0.103 e. The van der Waals surface area contributed by atoms with Gasteiger partial charge in [0.2, 0.25) is 0 Å². The van der Waals surface area contributed by atoms with Crippen LogP contribution in [0, 0.1) is 17.3 Å². The van der Waals surface area contributed by atoms with Crippen molar-refractivity contribution in [3.63, 3.8) is 0 Å². The standard InChI is InChI=1S/C11H18/c1-3-4-8-11(2)9-6-5-7-10-11/h3,5-7,9-10H2,1-2H3. The molecule has 0 amide bonds. The third-order valence-electron chi connectivity index (χ3n) is 2.52. The molecule has 0 radical (unpaired) electrons. The van der Waals surface area contributed by atoms with Crippen molar-refractivity contribution in [1.29, 1.82) is 0 Å². The van der Waals surface area contributed by atoms with Crippen molar-refractivity contribution in [2.24, 2.45) is 5.41 Å². The third kappa shape index (κ3) is 2.58. The maximum absolute atomic E-state index is 3.40. The number of rotatable bonds is 0. The number of hydrogen-bond donors (Lipinski definition) is 0. The van der Waals surface area contributed by atoms with Gasteiger partial charge >= 0.3 is 0 Å². The van der Waals surface area contributed by atoms with Crippen LogP contribution in [-0.4, -0.2) is 0 Å². The highest BCUT2D eigenvalue weighted by molar-refractivity contribution is 5.10. The first-order valence-corrected chi connectivity index (χ1v) is 4.77. The second-order valence-corrected chi connectivity index (χ2v) is 3.78. The van der Waals surface area contributed by atoms with Gasteiger partial charge in [0.15, 0.2) is 0 Å². The molecule has 0 aromatic rings. The highest BCUT2D eigenvalue weighted by atomic mass is 14.3. The average Bonchev–Trinajstić information content (AvgIpc) is 2.03. The van der Waals surface area contributed by atoms with Gasteiger partial charge in [-0.05, 0) is 19.8 Å². The van der Waals surface area contributed by atoms with E-state index in [1.807, 2.05) is 0 Å². The number of hydrogen-bond acceptors (Lipinski definition) is 0. The minimum absolute atomic E-state index is 0.369. The van der Waals surface area contributed by atoms with Crippen molar-refractivity contribution >= 4 is 0 Å². The minimum atomic E-state index is 0.369. The van der Waals surface area contributed by atoms with Gasteiger partial charge in [-0.25, -0.2) is 0 Å². The van der Waals surface area contributed by atoms with Gasteiger partial charge < -0.3 is 0 Å². The van der Waals surface area contributed by atoms with Gasteiger partial charge in [0, 0.05) is 11.8 Å². The van der Waals surface area contributed by atoms with Gasteiger partial charge in [0.1, 0.15) is 0 Å². The molecule has 11 heavy (non-hydrogen) atoms. The summed E-state index contributed by atoms with van der Waals surface area (Å²) in [5.74, 6) is 6.61. The molecule has 0 atom stereocenters. The Bertz CT molecular complexity index is 162. The smallest absolute Gasteiger partial charge is 0.0286 e. The third-order valence-corrected chi connectivity index (χ3v) is 2.52. The molecule has 0 bridgehead atoms. The molecule has 0 nitrogen and oxygen atoms in total. The van der Waals surface area contributed by atoms with Crippen LogP contribution in [0.3, 0.4) is 0 Å². The van der Waals surface area contributed by atoms with E-state index >= 15 is 0 Å². The summed E-state index contributed by atoms with van der Waals surface area (Å²) in [6.07, 6.45) is 7.84. The summed E-state index contributed by atoms with van der Waals surface area (Å²) in [6.45, 7) is 4.44. The molecule has 1 saturated carbocycles. The van der Waals surface area contributed by atoms with Crippen LogP contribution in [0.25, 0.3) is 0 Å². The van der Waals surface area contributed by atoms with Gasteiger partial charge in [-0.2, -0.15) is 0 Å². The Morgan fingerprint density at radius 2 is 1.82 bits per heavy atom. The molecule has 0 aromatic carbocycles. The van der Waals surface area contributed by atoms with Crippen molar-refractivity contribution in [3.05, 3.63) is 0 Å². The lowest BCUT2D eigenvalue weighted by Gasteiger charge is -2.27. The average molecular weight is 150 g/mol. The molecule has 0 aliphatic heterocycles. The van der Waals surface area contributed by atoms with Crippen molar-refractivity contribution in [2.45, 2.75) is 52.4 Å². The van der Waals surface area contributed by atoms with Crippen molar-refractivity contribution < 1.29 is 0 Å². The second kappa shape index (κ2) is 3.81. The molecule has 0 N–H and O–H groups in total. The molecule has 0 aromatic heterocycles. The first-order valence-electron chi connectivity index (χ1n) is 4.77. The predicted molar refractivity (Wildman–Crippen MR) is 49.3 cm³/mol. The maximum Gasteiger partial charge on any atom is 0.0286 e. The van der Waals surface area contributed by atoms with Crippen LogP contribution < -0.4 is 0 Å². The van der Waals surface area contributed by atoms with Gasteiger partial charge in [0.25, 0.3) is 0 Å². The molecular formula is C11H18. The molecular weight excluding hydrogens is 132 g/mol. The zero-order valence-electron chi connectivity index (χ0n) is 7.74. The van der Waals surface area contributed by atoms with E-state index in [2.05, 4.69) is 25.7 Å². The quantitative estimate of drug-likeness (QED) is 0.464. The topological polar surface area (TPSA) is 0 Å². The van der Waals surface area contributed by atoms with E-state index in [-0.39, 0.29) is 0 Å². The van der Waals surface area contributed by atoms with Crippen LogP contribution in [0.15, 0.2) is 0 Å². The van der Waals surface area contributed by atoms with Crippen molar-refractivity contribution in [1.82, 2.24) is 0 Å². The Morgan fingerprint density at radius 1 is 1.18 bits per heavy atom. The van der Waals surface area contributed by atoms with Crippen LogP contribution in [0.4, 0.5) is 0 Å². The summed E-state index contributed by atoms with van der Waals surface area (Å²) in [7, 11) is 0. The lowest BCUT2D eigenvalue weighted by atomic mass is 9.76. The maximum atomic E-state index is 3.40. The fourth-order valence-electron chi connectivity index (χ4n) is 1.76. The zero-order valence-corrected chi connectivity index (χ0v) is 7.74. The molecule has 0 saturated heterocycles. The minimum Gasteiger partial charge on any atom is -0.103 e. The Morgan fingerprint density at radius 3 is 2.36 bits per heavy atom. The first kappa shape index (κ1) is 8.65. The van der Waals surface area contributed by atoms with Crippen molar-refractivity contribution in [3.8, 4) is 11.8 Å². The molecule has 0 heterocycles. The summed E-state index contributed by atoms with van der Waals surface area (Å²) in [6, 6.07) is 0. The summed E-state index contributed by atoms with van der Waals surface area (Å²) < 4.78 is 0. The Balaban J connectivity index is 2.49. The lowest BCUT2D eigenvalue weighted by molar-refractivity contribution is 0.299. The monoisotopic (exact) mass is 150 g/mol. The van der Waals surface area contributed by atoms with Crippen molar-refractivity contribution in [2.75, 3.05) is 0 Å². The molecule has 1 fully saturated rings. The molecule has 1 aliphatic rings. The molecule has 1 rings (SSSR count). The van der Waals surface area contributed by atoms with E-state index in [1.54, 1.807) is 0 Å². The fraction of sp³-hybridized carbons (Fsp3) is 0.818. The zero-order chi connectivity index (χ0) is 8.16. The molecule has 0 unspecified atom stereocenters. The first-order chi connectivity index (χ1) is 5.27. The Labute approximate surface area is 70.4 Å². The van der Waals surface area contributed by atoms with E-state index in [0.717, 1.165) is 6.42 Å². The van der Waals surface area contributed by atoms with Crippen LogP contribution in [0.2, 0.25) is 0 Å². The lowest BCUT2D eigenvalue weighted by Crippen LogP contribution is -2.17. The van der Waals surface area contributed by atoms with Crippen LogP contribution in [0.5, 0.6) is 0 Å². The summed E-state index contributed by atoms with van der Waals surface area (Å²) in [5.41, 5.74) is 0.369. The van der Waals surface area contributed by atoms with Gasteiger partial charge in [-0.3, -0.25) is 0 Å². The highest BCUT2D eigenvalue weighted by Gasteiger charge is 2.23. The SMILES string of the molecule is CCC#CC1(C)CCCCC1. The summed E-state index contributed by atoms with van der Waals surface area (Å²) in [5, 5.41) is 0. The molecule has 0 heteroatoms.